The molecule has 0 atom stereocenters. The lowest BCUT2D eigenvalue weighted by atomic mass is 10.1. The average molecular weight is 305 g/mol. The molecule has 7 heteroatoms. The Bertz CT molecular complexity index is 675. The van der Waals surface area contributed by atoms with Gasteiger partial charge in [0.25, 0.3) is 0 Å². The molecule has 118 valence electrons. The van der Waals surface area contributed by atoms with Crippen molar-refractivity contribution in [3.05, 3.63) is 23.0 Å². The number of ketones is 1. The van der Waals surface area contributed by atoms with Gasteiger partial charge in [-0.3, -0.25) is 19.3 Å². The molecule has 0 aliphatic carbocycles. The van der Waals surface area contributed by atoms with Crippen LogP contribution in [0.2, 0.25) is 0 Å². The van der Waals surface area contributed by atoms with E-state index in [1.807, 2.05) is 25.3 Å². The van der Waals surface area contributed by atoms with Gasteiger partial charge in [0.15, 0.2) is 5.78 Å². The molecule has 0 unspecified atom stereocenters. The number of imide groups is 2. The maximum atomic E-state index is 12.4. The zero-order valence-electron chi connectivity index (χ0n) is 13.2. The maximum Gasteiger partial charge on any atom is 0.334 e. The molecule has 1 fully saturated rings. The fourth-order valence-electron chi connectivity index (χ4n) is 2.63. The molecule has 1 aliphatic heterocycles. The van der Waals surface area contributed by atoms with E-state index in [4.69, 9.17) is 0 Å². The maximum absolute atomic E-state index is 12.4. The first-order valence-corrected chi connectivity index (χ1v) is 7.13. The van der Waals surface area contributed by atoms with Crippen LogP contribution in [0.3, 0.4) is 0 Å². The standard InChI is InChI=1S/C15H19N3O4/c1-5-6-17-9(2)7-11(10(17)3)12(19)8-18-14(21)13(20)16(4)15(18)22/h7H,5-6,8H2,1-4H3. The summed E-state index contributed by atoms with van der Waals surface area (Å²) in [7, 11) is 1.22. The smallest absolute Gasteiger partial charge is 0.334 e. The van der Waals surface area contributed by atoms with Crippen molar-refractivity contribution in [2.24, 2.45) is 0 Å². The Morgan fingerprint density at radius 3 is 2.27 bits per heavy atom. The molecule has 2 rings (SSSR count). The number of urea groups is 1. The van der Waals surface area contributed by atoms with Gasteiger partial charge in [0.2, 0.25) is 0 Å². The number of likely N-dealkylation sites (N-methyl/N-ethyl adjacent to an activating group) is 1. The summed E-state index contributed by atoms with van der Waals surface area (Å²) in [5.41, 5.74) is 2.24. The lowest BCUT2D eigenvalue weighted by molar-refractivity contribution is -0.142. The summed E-state index contributed by atoms with van der Waals surface area (Å²) < 4.78 is 2.03. The van der Waals surface area contributed by atoms with Crippen molar-refractivity contribution in [3.63, 3.8) is 0 Å². The fraction of sp³-hybridized carbons (Fsp3) is 0.467. The van der Waals surface area contributed by atoms with Crippen LogP contribution in [-0.2, 0) is 16.1 Å². The van der Waals surface area contributed by atoms with E-state index in [9.17, 15) is 19.2 Å². The summed E-state index contributed by atoms with van der Waals surface area (Å²) in [4.78, 5) is 48.8. The van der Waals surface area contributed by atoms with E-state index in [-0.39, 0.29) is 5.78 Å². The predicted octanol–water partition coefficient (Wildman–Crippen LogP) is 1.12. The molecule has 0 aromatic carbocycles. The summed E-state index contributed by atoms with van der Waals surface area (Å²) in [5.74, 6) is -2.21. The predicted molar refractivity (Wildman–Crippen MR) is 78.4 cm³/mol. The van der Waals surface area contributed by atoms with E-state index >= 15 is 0 Å². The minimum atomic E-state index is -0.955. The van der Waals surface area contributed by atoms with Crippen molar-refractivity contribution < 1.29 is 19.2 Å². The molecular weight excluding hydrogens is 286 g/mol. The van der Waals surface area contributed by atoms with Crippen LogP contribution in [0, 0.1) is 13.8 Å². The van der Waals surface area contributed by atoms with Gasteiger partial charge in [-0.2, -0.15) is 0 Å². The third-order valence-corrected chi connectivity index (χ3v) is 3.87. The summed E-state index contributed by atoms with van der Waals surface area (Å²) in [6.45, 7) is 6.17. The van der Waals surface area contributed by atoms with Crippen molar-refractivity contribution in [1.82, 2.24) is 14.4 Å². The first kappa shape index (κ1) is 15.9. The van der Waals surface area contributed by atoms with E-state index in [0.717, 1.165) is 29.3 Å². The molecule has 1 aliphatic rings. The Balaban J connectivity index is 2.24. The molecule has 1 aromatic rings. The number of amides is 4. The van der Waals surface area contributed by atoms with Gasteiger partial charge in [-0.05, 0) is 26.3 Å². The highest BCUT2D eigenvalue weighted by Gasteiger charge is 2.43. The monoisotopic (exact) mass is 305 g/mol. The van der Waals surface area contributed by atoms with E-state index in [2.05, 4.69) is 0 Å². The largest absolute Gasteiger partial charge is 0.348 e. The second-order valence-electron chi connectivity index (χ2n) is 5.40. The number of carbonyl (C=O) groups excluding carboxylic acids is 4. The van der Waals surface area contributed by atoms with Gasteiger partial charge in [-0.25, -0.2) is 9.69 Å². The fourth-order valence-corrected chi connectivity index (χ4v) is 2.63. The number of rotatable bonds is 5. The van der Waals surface area contributed by atoms with Gasteiger partial charge >= 0.3 is 17.8 Å². The molecule has 0 saturated carbocycles. The van der Waals surface area contributed by atoms with Crippen molar-refractivity contribution in [1.29, 1.82) is 0 Å². The van der Waals surface area contributed by atoms with Gasteiger partial charge in [0.05, 0.1) is 6.54 Å². The van der Waals surface area contributed by atoms with Gasteiger partial charge in [-0.15, -0.1) is 0 Å². The highest BCUT2D eigenvalue weighted by Crippen LogP contribution is 2.18. The van der Waals surface area contributed by atoms with Crippen molar-refractivity contribution in [2.45, 2.75) is 33.7 Å². The minimum absolute atomic E-state index is 0.347. The lowest BCUT2D eigenvalue weighted by Gasteiger charge is -2.12. The lowest BCUT2D eigenvalue weighted by Crippen LogP contribution is -2.36. The zero-order valence-corrected chi connectivity index (χ0v) is 13.2. The Kier molecular flexibility index (Phi) is 4.16. The first-order chi connectivity index (χ1) is 10.3. The third-order valence-electron chi connectivity index (χ3n) is 3.87. The molecule has 0 radical (unpaired) electrons. The Morgan fingerprint density at radius 2 is 1.77 bits per heavy atom. The topological polar surface area (TPSA) is 79.7 Å². The number of hydrogen-bond donors (Lipinski definition) is 0. The van der Waals surface area contributed by atoms with Crippen molar-refractivity contribution in [3.8, 4) is 0 Å². The summed E-state index contributed by atoms with van der Waals surface area (Å²) >= 11 is 0. The second-order valence-corrected chi connectivity index (χ2v) is 5.40. The molecule has 4 amide bonds. The minimum Gasteiger partial charge on any atom is -0.348 e. The van der Waals surface area contributed by atoms with E-state index < -0.39 is 24.4 Å². The molecule has 0 spiro atoms. The number of carbonyl (C=O) groups is 4. The average Bonchev–Trinajstić information content (AvgIpc) is 2.86. The molecular formula is C15H19N3O4. The zero-order chi connectivity index (χ0) is 16.6. The van der Waals surface area contributed by atoms with Crippen LogP contribution in [0.5, 0.6) is 0 Å². The van der Waals surface area contributed by atoms with E-state index in [1.54, 1.807) is 6.07 Å². The molecule has 1 saturated heterocycles. The Labute approximate surface area is 128 Å². The van der Waals surface area contributed by atoms with Crippen molar-refractivity contribution >= 4 is 23.6 Å². The van der Waals surface area contributed by atoms with Gasteiger partial charge in [0.1, 0.15) is 0 Å². The molecule has 7 nitrogen and oxygen atoms in total. The van der Waals surface area contributed by atoms with Crippen LogP contribution >= 0.6 is 0 Å². The first-order valence-electron chi connectivity index (χ1n) is 7.13. The van der Waals surface area contributed by atoms with Crippen LogP contribution in [-0.4, -0.2) is 51.6 Å². The van der Waals surface area contributed by atoms with Gasteiger partial charge < -0.3 is 4.57 Å². The highest BCUT2D eigenvalue weighted by atomic mass is 16.2. The van der Waals surface area contributed by atoms with Crippen LogP contribution < -0.4 is 0 Å². The summed E-state index contributed by atoms with van der Waals surface area (Å²) in [5, 5.41) is 0. The molecule has 0 N–H and O–H groups in total. The number of aryl methyl sites for hydroxylation is 1. The molecule has 1 aromatic heterocycles. The van der Waals surface area contributed by atoms with E-state index in [1.165, 1.54) is 7.05 Å². The SMILES string of the molecule is CCCn1c(C)cc(C(=O)CN2C(=O)C(=O)N(C)C2=O)c1C. The summed E-state index contributed by atoms with van der Waals surface area (Å²) in [6.07, 6.45) is 0.937. The molecule has 0 bridgehead atoms. The van der Waals surface area contributed by atoms with Gasteiger partial charge in [-0.1, -0.05) is 6.92 Å². The van der Waals surface area contributed by atoms with Crippen LogP contribution in [0.15, 0.2) is 6.07 Å². The third kappa shape index (κ3) is 2.43. The number of Topliss-reactive ketones (excluding diaryl/α,β-unsaturated/α-hetero) is 1. The number of nitrogens with zero attached hydrogens (tertiary/aromatic N) is 3. The normalized spacial score (nSPS) is 15.2. The summed E-state index contributed by atoms with van der Waals surface area (Å²) in [6, 6.07) is 0.995. The quantitative estimate of drug-likeness (QED) is 0.464. The van der Waals surface area contributed by atoms with Crippen molar-refractivity contribution in [2.75, 3.05) is 13.6 Å². The number of aromatic nitrogens is 1. The number of hydrogen-bond acceptors (Lipinski definition) is 4. The molecule has 2 heterocycles. The Morgan fingerprint density at radius 1 is 1.14 bits per heavy atom. The second kappa shape index (κ2) is 5.75. The van der Waals surface area contributed by atoms with Crippen LogP contribution in [0.4, 0.5) is 4.79 Å². The van der Waals surface area contributed by atoms with E-state index in [0.29, 0.717) is 10.5 Å². The van der Waals surface area contributed by atoms with Crippen LogP contribution in [0.25, 0.3) is 0 Å². The molecule has 22 heavy (non-hydrogen) atoms. The Hall–Kier alpha value is -2.44. The van der Waals surface area contributed by atoms with Gasteiger partial charge in [0, 0.05) is 30.5 Å². The van der Waals surface area contributed by atoms with Crippen LogP contribution in [0.1, 0.15) is 35.1 Å². The highest BCUT2D eigenvalue weighted by molar-refractivity contribution is 6.45.